The maximum atomic E-state index is 14.3. The largest absolute Gasteiger partial charge is 0.494 e. The fourth-order valence-electron chi connectivity index (χ4n) is 2.55. The van der Waals surface area contributed by atoms with Crippen LogP contribution in [0.2, 0.25) is 0 Å². The zero-order chi connectivity index (χ0) is 17.1. The van der Waals surface area contributed by atoms with Crippen molar-refractivity contribution in [1.29, 1.82) is 0 Å². The van der Waals surface area contributed by atoms with E-state index in [1.54, 1.807) is 36.4 Å². The Morgan fingerprint density at radius 3 is 2.29 bits per heavy atom. The summed E-state index contributed by atoms with van der Waals surface area (Å²) in [5, 5.41) is 1.55. The van der Waals surface area contributed by atoms with Gasteiger partial charge in [0.2, 0.25) is 0 Å². The second kappa shape index (κ2) is 6.83. The summed E-state index contributed by atoms with van der Waals surface area (Å²) in [5.41, 5.74) is 1.15. The Morgan fingerprint density at radius 1 is 0.875 bits per heavy atom. The molecule has 0 atom stereocenters. The average Bonchev–Trinajstić information content (AvgIpc) is 2.54. The highest BCUT2D eigenvalue weighted by Gasteiger charge is 2.09. The summed E-state index contributed by atoms with van der Waals surface area (Å²) in [6.07, 6.45) is 0. The van der Waals surface area contributed by atoms with Crippen molar-refractivity contribution in [2.24, 2.45) is 0 Å². The van der Waals surface area contributed by atoms with Crippen molar-refractivity contribution in [2.45, 2.75) is 13.5 Å². The van der Waals surface area contributed by atoms with Crippen LogP contribution in [0.4, 0.5) is 13.2 Å². The van der Waals surface area contributed by atoms with E-state index in [4.69, 9.17) is 4.74 Å². The predicted molar refractivity (Wildman–Crippen MR) is 87.1 cm³/mol. The number of fused-ring (bicyclic) bond motifs is 1. The van der Waals surface area contributed by atoms with Gasteiger partial charge >= 0.3 is 6.61 Å². The minimum atomic E-state index is -2.86. The van der Waals surface area contributed by atoms with Crippen LogP contribution in [-0.2, 0) is 0 Å². The zero-order valence-electron chi connectivity index (χ0n) is 12.9. The number of alkyl halides is 2. The lowest BCUT2D eigenvalue weighted by molar-refractivity contribution is -0.0497. The minimum absolute atomic E-state index is 0.0949. The van der Waals surface area contributed by atoms with Crippen LogP contribution in [0.3, 0.4) is 0 Å². The standard InChI is InChI=1S/C19H15F3O2/c1-2-23-15-7-8-17(18(20)11-15)14-4-3-13-10-16(24-19(21)22)6-5-12(13)9-14/h3-11,19H,2H2,1H3. The molecule has 3 rings (SSSR count). The van der Waals surface area contributed by atoms with Gasteiger partial charge in [0.15, 0.2) is 0 Å². The fourth-order valence-corrected chi connectivity index (χ4v) is 2.55. The van der Waals surface area contributed by atoms with Crippen molar-refractivity contribution < 1.29 is 22.6 Å². The molecular formula is C19H15F3O2. The minimum Gasteiger partial charge on any atom is -0.494 e. The van der Waals surface area contributed by atoms with Crippen LogP contribution in [0, 0.1) is 5.82 Å². The molecule has 0 amide bonds. The molecule has 0 unspecified atom stereocenters. The van der Waals surface area contributed by atoms with E-state index < -0.39 is 6.61 Å². The number of ether oxygens (including phenoxy) is 2. The topological polar surface area (TPSA) is 18.5 Å². The van der Waals surface area contributed by atoms with Gasteiger partial charge in [-0.1, -0.05) is 18.2 Å². The van der Waals surface area contributed by atoms with Gasteiger partial charge in [0, 0.05) is 11.6 Å². The number of hydrogen-bond donors (Lipinski definition) is 0. The third kappa shape index (κ3) is 3.45. The molecule has 24 heavy (non-hydrogen) atoms. The van der Waals surface area contributed by atoms with E-state index in [9.17, 15) is 13.2 Å². The Balaban J connectivity index is 1.96. The molecule has 0 aliphatic rings. The molecule has 0 aromatic heterocycles. The van der Waals surface area contributed by atoms with Gasteiger partial charge in [0.1, 0.15) is 17.3 Å². The quantitative estimate of drug-likeness (QED) is 0.601. The molecule has 0 fully saturated rings. The van der Waals surface area contributed by atoms with E-state index in [-0.39, 0.29) is 11.6 Å². The normalized spacial score (nSPS) is 11.0. The summed E-state index contributed by atoms with van der Waals surface area (Å²) < 4.78 is 48.5. The van der Waals surface area contributed by atoms with E-state index in [0.717, 1.165) is 10.8 Å². The van der Waals surface area contributed by atoms with Crippen molar-refractivity contribution in [1.82, 2.24) is 0 Å². The molecule has 0 aliphatic carbocycles. The summed E-state index contributed by atoms with van der Waals surface area (Å²) in [7, 11) is 0. The van der Waals surface area contributed by atoms with Crippen molar-refractivity contribution >= 4 is 10.8 Å². The summed E-state index contributed by atoms with van der Waals surface area (Å²) in [6.45, 7) is -0.557. The first-order valence-corrected chi connectivity index (χ1v) is 7.48. The molecule has 0 radical (unpaired) electrons. The molecule has 5 heteroatoms. The lowest BCUT2D eigenvalue weighted by Crippen LogP contribution is -2.01. The number of benzene rings is 3. The maximum Gasteiger partial charge on any atom is 0.387 e. The van der Waals surface area contributed by atoms with Gasteiger partial charge in [-0.05, 0) is 53.6 Å². The summed E-state index contributed by atoms with van der Waals surface area (Å²) in [5.74, 6) is 0.198. The highest BCUT2D eigenvalue weighted by Crippen LogP contribution is 2.30. The Kier molecular flexibility index (Phi) is 4.60. The van der Waals surface area contributed by atoms with Gasteiger partial charge in [-0.25, -0.2) is 4.39 Å². The van der Waals surface area contributed by atoms with Gasteiger partial charge in [0.05, 0.1) is 6.61 Å². The Labute approximate surface area is 137 Å². The maximum absolute atomic E-state index is 14.3. The first-order valence-electron chi connectivity index (χ1n) is 7.48. The van der Waals surface area contributed by atoms with Crippen LogP contribution < -0.4 is 9.47 Å². The van der Waals surface area contributed by atoms with Crippen molar-refractivity contribution in [2.75, 3.05) is 6.61 Å². The lowest BCUT2D eigenvalue weighted by atomic mass is 10.0. The van der Waals surface area contributed by atoms with Gasteiger partial charge in [-0.15, -0.1) is 0 Å². The smallest absolute Gasteiger partial charge is 0.387 e. The van der Waals surface area contributed by atoms with Gasteiger partial charge in [0.25, 0.3) is 0 Å². The van der Waals surface area contributed by atoms with Gasteiger partial charge in [-0.2, -0.15) is 8.78 Å². The van der Waals surface area contributed by atoms with Crippen LogP contribution in [0.15, 0.2) is 54.6 Å². The first-order chi connectivity index (χ1) is 11.6. The molecular weight excluding hydrogens is 317 g/mol. The van der Waals surface area contributed by atoms with E-state index in [0.29, 0.717) is 23.5 Å². The molecule has 0 saturated heterocycles. The molecule has 3 aromatic rings. The van der Waals surface area contributed by atoms with Crippen molar-refractivity contribution in [3.05, 3.63) is 60.4 Å². The van der Waals surface area contributed by atoms with E-state index >= 15 is 0 Å². The monoisotopic (exact) mass is 332 g/mol. The van der Waals surface area contributed by atoms with Crippen LogP contribution in [0.5, 0.6) is 11.5 Å². The Bertz CT molecular complexity index is 862. The average molecular weight is 332 g/mol. The summed E-state index contributed by atoms with van der Waals surface area (Å²) in [6, 6.07) is 14.7. The number of rotatable bonds is 5. The molecule has 0 heterocycles. The van der Waals surface area contributed by atoms with E-state index in [2.05, 4.69) is 4.74 Å². The third-order valence-electron chi connectivity index (χ3n) is 3.60. The zero-order valence-corrected chi connectivity index (χ0v) is 12.9. The second-order valence-corrected chi connectivity index (χ2v) is 5.18. The first kappa shape index (κ1) is 16.2. The van der Waals surface area contributed by atoms with Crippen LogP contribution in [0.1, 0.15) is 6.92 Å². The molecule has 2 nitrogen and oxygen atoms in total. The predicted octanol–water partition coefficient (Wildman–Crippen LogP) is 5.65. The highest BCUT2D eigenvalue weighted by molar-refractivity contribution is 5.88. The summed E-state index contributed by atoms with van der Waals surface area (Å²) >= 11 is 0. The van der Waals surface area contributed by atoms with E-state index in [1.807, 2.05) is 6.92 Å². The number of halogens is 3. The Hall–Kier alpha value is -2.69. The molecule has 0 saturated carbocycles. The summed E-state index contributed by atoms with van der Waals surface area (Å²) in [4.78, 5) is 0. The molecule has 124 valence electrons. The second-order valence-electron chi connectivity index (χ2n) is 5.18. The fraction of sp³-hybridized carbons (Fsp3) is 0.158. The van der Waals surface area contributed by atoms with Crippen molar-refractivity contribution in [3.63, 3.8) is 0 Å². The molecule has 3 aromatic carbocycles. The van der Waals surface area contributed by atoms with Gasteiger partial charge in [-0.3, -0.25) is 0 Å². The van der Waals surface area contributed by atoms with Gasteiger partial charge < -0.3 is 9.47 Å². The van der Waals surface area contributed by atoms with Crippen molar-refractivity contribution in [3.8, 4) is 22.6 Å². The highest BCUT2D eigenvalue weighted by atomic mass is 19.3. The Morgan fingerprint density at radius 2 is 1.58 bits per heavy atom. The van der Waals surface area contributed by atoms with Crippen LogP contribution >= 0.6 is 0 Å². The third-order valence-corrected chi connectivity index (χ3v) is 3.60. The van der Waals surface area contributed by atoms with Crippen LogP contribution in [0.25, 0.3) is 21.9 Å². The number of hydrogen-bond acceptors (Lipinski definition) is 2. The molecule has 0 bridgehead atoms. The lowest BCUT2D eigenvalue weighted by Gasteiger charge is -2.09. The molecule has 0 aliphatic heterocycles. The van der Waals surface area contributed by atoms with Crippen LogP contribution in [-0.4, -0.2) is 13.2 Å². The molecule has 0 spiro atoms. The SMILES string of the molecule is CCOc1ccc(-c2ccc3cc(OC(F)F)ccc3c2)c(F)c1. The van der Waals surface area contributed by atoms with E-state index in [1.165, 1.54) is 18.2 Å². The molecule has 0 N–H and O–H groups in total.